The van der Waals surface area contributed by atoms with Crippen molar-refractivity contribution in [2.24, 2.45) is 0 Å². The van der Waals surface area contributed by atoms with Crippen molar-refractivity contribution >= 4 is 15.9 Å². The maximum Gasteiger partial charge on any atom is 0.161 e. The highest BCUT2D eigenvalue weighted by molar-refractivity contribution is 9.09. The quantitative estimate of drug-likeness (QED) is 0.761. The zero-order valence-electron chi connectivity index (χ0n) is 10.4. The molecule has 2 unspecified atom stereocenters. The summed E-state index contributed by atoms with van der Waals surface area (Å²) in [7, 11) is 0. The summed E-state index contributed by atoms with van der Waals surface area (Å²) < 4.78 is 38.1. The zero-order valence-corrected chi connectivity index (χ0v) is 11.9. The van der Waals surface area contributed by atoms with E-state index in [2.05, 4.69) is 15.9 Å². The molecule has 0 aliphatic carbocycles. The van der Waals surface area contributed by atoms with Crippen LogP contribution in [0.3, 0.4) is 0 Å². The van der Waals surface area contributed by atoms with Crippen molar-refractivity contribution in [3.05, 3.63) is 59.7 Å². The standard InChI is InChI=1S/C15H11BrF2O2/c16-15(10-6-5-9(17)7-11(10)18)14-8-19-12-3-1-2-4-13(12)20-14/h1-7,14-15H,8H2. The summed E-state index contributed by atoms with van der Waals surface area (Å²) in [6.07, 6.45) is -0.384. The Hall–Kier alpha value is -1.62. The van der Waals surface area contributed by atoms with Crippen molar-refractivity contribution in [2.45, 2.75) is 10.9 Å². The van der Waals surface area contributed by atoms with Gasteiger partial charge in [0.1, 0.15) is 24.3 Å². The highest BCUT2D eigenvalue weighted by atomic mass is 79.9. The first-order valence-electron chi connectivity index (χ1n) is 6.12. The van der Waals surface area contributed by atoms with E-state index < -0.39 is 16.5 Å². The van der Waals surface area contributed by atoms with Gasteiger partial charge in [0.15, 0.2) is 11.5 Å². The largest absolute Gasteiger partial charge is 0.486 e. The molecule has 2 aromatic carbocycles. The van der Waals surface area contributed by atoms with Crippen molar-refractivity contribution in [2.75, 3.05) is 6.61 Å². The summed E-state index contributed by atoms with van der Waals surface area (Å²) in [5.41, 5.74) is 0.347. The van der Waals surface area contributed by atoms with Crippen LogP contribution in [0.4, 0.5) is 8.78 Å². The van der Waals surface area contributed by atoms with Gasteiger partial charge in [-0.3, -0.25) is 0 Å². The third-order valence-corrected chi connectivity index (χ3v) is 4.20. The molecule has 1 aliphatic rings. The van der Waals surface area contributed by atoms with Crippen molar-refractivity contribution in [1.29, 1.82) is 0 Å². The molecule has 0 amide bonds. The Bertz CT molecular complexity index is 633. The average molecular weight is 341 g/mol. The lowest BCUT2D eigenvalue weighted by atomic mass is 10.1. The van der Waals surface area contributed by atoms with Crippen molar-refractivity contribution in [3.8, 4) is 11.5 Å². The maximum atomic E-state index is 13.8. The molecule has 0 aromatic heterocycles. The Balaban J connectivity index is 1.84. The fraction of sp³-hybridized carbons (Fsp3) is 0.200. The Morgan fingerprint density at radius 1 is 1.10 bits per heavy atom. The van der Waals surface area contributed by atoms with Gasteiger partial charge in [0, 0.05) is 11.6 Å². The highest BCUT2D eigenvalue weighted by Crippen LogP contribution is 2.38. The fourth-order valence-corrected chi connectivity index (χ4v) is 2.74. The number of halogens is 3. The first-order valence-corrected chi connectivity index (χ1v) is 7.04. The van der Waals surface area contributed by atoms with Crippen molar-refractivity contribution in [1.82, 2.24) is 0 Å². The predicted molar refractivity (Wildman–Crippen MR) is 74.4 cm³/mol. The molecule has 5 heteroatoms. The van der Waals surface area contributed by atoms with E-state index in [1.54, 1.807) is 6.07 Å². The van der Waals surface area contributed by atoms with E-state index in [9.17, 15) is 8.78 Å². The number of fused-ring (bicyclic) bond motifs is 1. The lowest BCUT2D eigenvalue weighted by Crippen LogP contribution is -2.32. The van der Waals surface area contributed by atoms with E-state index in [0.29, 0.717) is 23.7 Å². The van der Waals surface area contributed by atoms with Gasteiger partial charge in [-0.25, -0.2) is 8.78 Å². The van der Waals surface area contributed by atoms with E-state index in [1.807, 2.05) is 18.2 Å². The third-order valence-electron chi connectivity index (χ3n) is 3.12. The Morgan fingerprint density at radius 3 is 2.60 bits per heavy atom. The molecule has 104 valence electrons. The lowest BCUT2D eigenvalue weighted by Gasteiger charge is -2.29. The molecule has 0 spiro atoms. The second-order valence-electron chi connectivity index (χ2n) is 4.48. The number of benzene rings is 2. The molecule has 20 heavy (non-hydrogen) atoms. The van der Waals surface area contributed by atoms with E-state index >= 15 is 0 Å². The summed E-state index contributed by atoms with van der Waals surface area (Å²) in [6.45, 7) is 0.295. The van der Waals surface area contributed by atoms with Crippen LogP contribution in [0.2, 0.25) is 0 Å². The predicted octanol–water partition coefficient (Wildman–Crippen LogP) is 4.24. The molecule has 2 atom stereocenters. The van der Waals surface area contributed by atoms with Crippen LogP contribution in [-0.2, 0) is 0 Å². The second kappa shape index (κ2) is 5.40. The number of hydrogen-bond acceptors (Lipinski definition) is 2. The maximum absolute atomic E-state index is 13.8. The monoisotopic (exact) mass is 340 g/mol. The van der Waals surface area contributed by atoms with Crippen molar-refractivity contribution in [3.63, 3.8) is 0 Å². The molecule has 3 rings (SSSR count). The minimum Gasteiger partial charge on any atom is -0.486 e. The molecule has 0 fully saturated rings. The van der Waals surface area contributed by atoms with E-state index in [0.717, 1.165) is 6.07 Å². The highest BCUT2D eigenvalue weighted by Gasteiger charge is 2.30. The summed E-state index contributed by atoms with van der Waals surface area (Å²) in [4.78, 5) is -0.420. The summed E-state index contributed by atoms with van der Waals surface area (Å²) in [5.74, 6) is 0.0881. The van der Waals surface area contributed by atoms with E-state index in [4.69, 9.17) is 9.47 Å². The van der Waals surface area contributed by atoms with E-state index in [1.165, 1.54) is 12.1 Å². The normalized spacial score (nSPS) is 18.6. The summed E-state index contributed by atoms with van der Waals surface area (Å²) in [5, 5.41) is 0. The Labute approximate surface area is 123 Å². The van der Waals surface area contributed by atoms with Crippen LogP contribution in [0, 0.1) is 11.6 Å². The van der Waals surface area contributed by atoms with Crippen LogP contribution in [0.25, 0.3) is 0 Å². The minimum absolute atomic E-state index is 0.295. The molecule has 0 saturated carbocycles. The topological polar surface area (TPSA) is 18.5 Å². The van der Waals surface area contributed by atoms with Gasteiger partial charge in [-0.2, -0.15) is 0 Å². The van der Waals surface area contributed by atoms with Gasteiger partial charge >= 0.3 is 0 Å². The Kier molecular flexibility index (Phi) is 3.61. The number of hydrogen-bond donors (Lipinski definition) is 0. The molecule has 1 aliphatic heterocycles. The Morgan fingerprint density at radius 2 is 1.85 bits per heavy atom. The van der Waals surface area contributed by atoms with Gasteiger partial charge in [-0.05, 0) is 18.2 Å². The SMILES string of the molecule is Fc1ccc(C(Br)C2COc3ccccc3O2)c(F)c1. The van der Waals surface area contributed by atoms with Crippen LogP contribution in [0.1, 0.15) is 10.4 Å². The number of ether oxygens (including phenoxy) is 2. The van der Waals surface area contributed by atoms with Crippen molar-refractivity contribution < 1.29 is 18.3 Å². The molecular weight excluding hydrogens is 330 g/mol. The van der Waals surface area contributed by atoms with Crippen LogP contribution >= 0.6 is 15.9 Å². The van der Waals surface area contributed by atoms with Gasteiger partial charge in [0.2, 0.25) is 0 Å². The van der Waals surface area contributed by atoms with Gasteiger partial charge in [0.05, 0.1) is 4.83 Å². The first kappa shape index (κ1) is 13.4. The molecule has 0 radical (unpaired) electrons. The molecular formula is C15H11BrF2O2. The number of rotatable bonds is 2. The number of para-hydroxylation sites is 2. The smallest absolute Gasteiger partial charge is 0.161 e. The first-order chi connectivity index (χ1) is 9.65. The summed E-state index contributed by atoms with van der Waals surface area (Å²) in [6, 6.07) is 10.8. The average Bonchev–Trinajstić information content (AvgIpc) is 2.46. The molecule has 0 N–H and O–H groups in total. The van der Waals surface area contributed by atoms with Crippen LogP contribution in [0.5, 0.6) is 11.5 Å². The van der Waals surface area contributed by atoms with Crippen LogP contribution in [-0.4, -0.2) is 12.7 Å². The second-order valence-corrected chi connectivity index (χ2v) is 5.47. The molecule has 1 heterocycles. The van der Waals surface area contributed by atoms with Gasteiger partial charge in [0.25, 0.3) is 0 Å². The molecule has 0 bridgehead atoms. The third kappa shape index (κ3) is 2.50. The molecule has 0 saturated heterocycles. The minimum atomic E-state index is -0.602. The van der Waals surface area contributed by atoms with Crippen LogP contribution < -0.4 is 9.47 Å². The van der Waals surface area contributed by atoms with Gasteiger partial charge in [-0.1, -0.05) is 34.1 Å². The fourth-order valence-electron chi connectivity index (χ4n) is 2.11. The lowest BCUT2D eigenvalue weighted by molar-refractivity contribution is 0.0898. The van der Waals surface area contributed by atoms with E-state index in [-0.39, 0.29) is 6.10 Å². The molecule has 2 nitrogen and oxygen atoms in total. The molecule has 2 aromatic rings. The van der Waals surface area contributed by atoms with Gasteiger partial charge < -0.3 is 9.47 Å². The van der Waals surface area contributed by atoms with Gasteiger partial charge in [-0.15, -0.1) is 0 Å². The van der Waals surface area contributed by atoms with Crippen LogP contribution in [0.15, 0.2) is 42.5 Å². The zero-order chi connectivity index (χ0) is 14.1. The number of alkyl halides is 1. The summed E-state index contributed by atoms with van der Waals surface area (Å²) >= 11 is 3.41.